The van der Waals surface area contributed by atoms with Gasteiger partial charge in [-0.3, -0.25) is 9.59 Å². The predicted octanol–water partition coefficient (Wildman–Crippen LogP) is 3.77. The third kappa shape index (κ3) is 6.24. The van der Waals surface area contributed by atoms with Crippen molar-refractivity contribution < 1.29 is 23.8 Å². The number of benzene rings is 3. The van der Waals surface area contributed by atoms with Gasteiger partial charge >= 0.3 is 0 Å². The Labute approximate surface area is 214 Å². The first kappa shape index (κ1) is 25.3. The molecule has 1 heterocycles. The minimum absolute atomic E-state index is 0.108. The molecule has 1 aliphatic rings. The maximum Gasteiger partial charge on any atom is 0.262 e. The summed E-state index contributed by atoms with van der Waals surface area (Å²) in [6, 6.07) is 20.6. The lowest BCUT2D eigenvalue weighted by molar-refractivity contribution is -0.123. The monoisotopic (exact) mass is 498 g/mol. The molecule has 4 rings (SSSR count). The van der Waals surface area contributed by atoms with Crippen molar-refractivity contribution in [2.24, 2.45) is 11.0 Å². The van der Waals surface area contributed by atoms with Crippen molar-refractivity contribution in [1.29, 1.82) is 5.26 Å². The van der Waals surface area contributed by atoms with E-state index < -0.39 is 17.9 Å². The van der Waals surface area contributed by atoms with Crippen molar-refractivity contribution in [2.75, 3.05) is 6.79 Å². The zero-order valence-electron chi connectivity index (χ0n) is 20.4. The molecule has 0 fully saturated rings. The molecule has 2 amide bonds. The number of carbonyl (C=O) groups excluding carboxylic acids is 2. The summed E-state index contributed by atoms with van der Waals surface area (Å²) in [5, 5.41) is 16.1. The van der Waals surface area contributed by atoms with Gasteiger partial charge in [0.05, 0.1) is 17.8 Å². The van der Waals surface area contributed by atoms with E-state index in [1.165, 1.54) is 6.21 Å². The number of hydrazone groups is 1. The highest BCUT2D eigenvalue weighted by molar-refractivity contribution is 5.98. The standard InChI is InChI=1S/C28H26N4O5/c1-18(2)26(31-27(33)19-11-12-24-25(13-19)37-17-36-24)28(34)32-30-15-21-8-5-6-10-23(21)35-16-22-9-4-3-7-20(22)14-29/h3-13,15,18,26H,16-17H2,1-2H3,(H,31,33)(H,32,34)/b30-15+. The SMILES string of the molecule is CC(C)C(NC(=O)c1ccc2c(c1)OCO2)C(=O)N/N=C/c1ccccc1OCc1ccccc1C#N. The first-order chi connectivity index (χ1) is 18.0. The molecule has 3 aromatic carbocycles. The summed E-state index contributed by atoms with van der Waals surface area (Å²) in [5.74, 6) is 0.547. The van der Waals surface area contributed by atoms with E-state index in [-0.39, 0.29) is 19.3 Å². The summed E-state index contributed by atoms with van der Waals surface area (Å²) in [6.45, 7) is 3.98. The first-order valence-electron chi connectivity index (χ1n) is 11.7. The van der Waals surface area contributed by atoms with E-state index in [0.717, 1.165) is 5.56 Å². The lowest BCUT2D eigenvalue weighted by Gasteiger charge is -2.20. The quantitative estimate of drug-likeness (QED) is 0.342. The van der Waals surface area contributed by atoms with Crippen molar-refractivity contribution in [2.45, 2.75) is 26.5 Å². The summed E-state index contributed by atoms with van der Waals surface area (Å²) < 4.78 is 16.5. The molecule has 0 radical (unpaired) electrons. The Bertz CT molecular complexity index is 1360. The van der Waals surface area contributed by atoms with Crippen molar-refractivity contribution in [1.82, 2.24) is 10.7 Å². The van der Waals surface area contributed by atoms with Crippen LogP contribution in [-0.2, 0) is 11.4 Å². The number of amides is 2. The second-order valence-corrected chi connectivity index (χ2v) is 8.59. The largest absolute Gasteiger partial charge is 0.488 e. The van der Waals surface area contributed by atoms with E-state index in [1.807, 2.05) is 38.1 Å². The molecule has 0 aromatic heterocycles. The summed E-state index contributed by atoms with van der Waals surface area (Å²) >= 11 is 0. The van der Waals surface area contributed by atoms with E-state index in [1.54, 1.807) is 42.5 Å². The van der Waals surface area contributed by atoms with Gasteiger partial charge in [0.25, 0.3) is 11.8 Å². The van der Waals surface area contributed by atoms with E-state index in [2.05, 4.69) is 21.9 Å². The van der Waals surface area contributed by atoms with E-state index in [4.69, 9.17) is 14.2 Å². The van der Waals surface area contributed by atoms with Crippen LogP contribution in [0.2, 0.25) is 0 Å². The van der Waals surface area contributed by atoms with Crippen LogP contribution < -0.4 is 25.0 Å². The van der Waals surface area contributed by atoms with Crippen molar-refractivity contribution in [3.05, 3.63) is 89.0 Å². The van der Waals surface area contributed by atoms with Crippen LogP contribution >= 0.6 is 0 Å². The maximum absolute atomic E-state index is 12.8. The summed E-state index contributed by atoms with van der Waals surface area (Å²) in [4.78, 5) is 25.6. The molecular weight excluding hydrogens is 472 g/mol. The van der Waals surface area contributed by atoms with Crippen LogP contribution in [0.4, 0.5) is 0 Å². The van der Waals surface area contributed by atoms with E-state index in [9.17, 15) is 14.9 Å². The van der Waals surface area contributed by atoms with E-state index in [0.29, 0.717) is 33.9 Å². The number of nitrogens with zero attached hydrogens (tertiary/aromatic N) is 2. The minimum atomic E-state index is -0.816. The van der Waals surface area contributed by atoms with Gasteiger partial charge in [0, 0.05) is 16.7 Å². The summed E-state index contributed by atoms with van der Waals surface area (Å²) in [7, 11) is 0. The third-order valence-corrected chi connectivity index (χ3v) is 5.69. The molecule has 0 spiro atoms. The lowest BCUT2D eigenvalue weighted by atomic mass is 10.0. The number of fused-ring (bicyclic) bond motifs is 1. The number of ether oxygens (including phenoxy) is 3. The van der Waals surface area contributed by atoms with Crippen LogP contribution in [-0.4, -0.2) is 30.9 Å². The number of para-hydroxylation sites is 1. The summed E-state index contributed by atoms with van der Waals surface area (Å²) in [6.07, 6.45) is 1.47. The Morgan fingerprint density at radius 1 is 1.08 bits per heavy atom. The second kappa shape index (κ2) is 11.7. The second-order valence-electron chi connectivity index (χ2n) is 8.59. The average molecular weight is 499 g/mol. The molecule has 1 atom stereocenters. The topological polar surface area (TPSA) is 122 Å². The van der Waals surface area contributed by atoms with Crippen LogP contribution in [0.15, 0.2) is 71.8 Å². The van der Waals surface area contributed by atoms with Crippen molar-refractivity contribution >= 4 is 18.0 Å². The molecule has 188 valence electrons. The highest BCUT2D eigenvalue weighted by Gasteiger charge is 2.25. The van der Waals surface area contributed by atoms with Gasteiger partial charge in [0.2, 0.25) is 6.79 Å². The number of hydrogen-bond acceptors (Lipinski definition) is 7. The highest BCUT2D eigenvalue weighted by Crippen LogP contribution is 2.32. The first-order valence-corrected chi connectivity index (χ1v) is 11.7. The molecule has 9 heteroatoms. The average Bonchev–Trinajstić information content (AvgIpc) is 3.39. The van der Waals surface area contributed by atoms with Gasteiger partial charge in [-0.25, -0.2) is 5.43 Å². The number of nitrogens with one attached hydrogen (secondary N) is 2. The molecule has 1 aliphatic heterocycles. The Kier molecular flexibility index (Phi) is 8.01. The maximum atomic E-state index is 12.8. The normalized spacial score (nSPS) is 12.7. The molecule has 0 saturated heterocycles. The van der Waals surface area contributed by atoms with Crippen LogP contribution in [0.25, 0.3) is 0 Å². The Hall–Kier alpha value is -4.84. The molecule has 0 aliphatic carbocycles. The van der Waals surface area contributed by atoms with Gasteiger partial charge in [-0.1, -0.05) is 44.2 Å². The molecule has 3 aromatic rings. The molecule has 1 unspecified atom stereocenters. The van der Waals surface area contributed by atoms with Gasteiger partial charge in [0.1, 0.15) is 18.4 Å². The Balaban J connectivity index is 1.38. The Morgan fingerprint density at radius 3 is 2.65 bits per heavy atom. The molecular formula is C28H26N4O5. The van der Waals surface area contributed by atoms with Crippen LogP contribution in [0.1, 0.15) is 40.9 Å². The number of hydrogen-bond donors (Lipinski definition) is 2. The van der Waals surface area contributed by atoms with Crippen molar-refractivity contribution in [3.8, 4) is 23.3 Å². The molecule has 2 N–H and O–H groups in total. The van der Waals surface area contributed by atoms with Gasteiger partial charge in [0.15, 0.2) is 11.5 Å². The van der Waals surface area contributed by atoms with Gasteiger partial charge < -0.3 is 19.5 Å². The van der Waals surface area contributed by atoms with Gasteiger partial charge in [-0.2, -0.15) is 10.4 Å². The molecule has 9 nitrogen and oxygen atoms in total. The fraction of sp³-hybridized carbons (Fsp3) is 0.214. The molecule has 0 bridgehead atoms. The van der Waals surface area contributed by atoms with Gasteiger partial charge in [-0.15, -0.1) is 0 Å². The third-order valence-electron chi connectivity index (χ3n) is 5.69. The molecule has 37 heavy (non-hydrogen) atoms. The van der Waals surface area contributed by atoms with Crippen LogP contribution in [0, 0.1) is 17.2 Å². The number of rotatable bonds is 9. The summed E-state index contributed by atoms with van der Waals surface area (Å²) in [5.41, 5.74) is 4.81. The number of carbonyl (C=O) groups is 2. The zero-order chi connectivity index (χ0) is 26.2. The van der Waals surface area contributed by atoms with Crippen LogP contribution in [0.5, 0.6) is 17.2 Å². The zero-order valence-corrected chi connectivity index (χ0v) is 20.4. The van der Waals surface area contributed by atoms with E-state index >= 15 is 0 Å². The van der Waals surface area contributed by atoms with Crippen LogP contribution in [0.3, 0.4) is 0 Å². The minimum Gasteiger partial charge on any atom is -0.488 e. The fourth-order valence-corrected chi connectivity index (χ4v) is 3.66. The predicted molar refractivity (Wildman–Crippen MR) is 136 cm³/mol. The van der Waals surface area contributed by atoms with Gasteiger partial charge in [-0.05, 0) is 42.3 Å². The number of nitriles is 1. The highest BCUT2D eigenvalue weighted by atomic mass is 16.7. The lowest BCUT2D eigenvalue weighted by Crippen LogP contribution is -2.48. The fourth-order valence-electron chi connectivity index (χ4n) is 3.66. The molecule has 0 saturated carbocycles. The Morgan fingerprint density at radius 2 is 1.84 bits per heavy atom. The van der Waals surface area contributed by atoms with Crippen molar-refractivity contribution in [3.63, 3.8) is 0 Å². The smallest absolute Gasteiger partial charge is 0.262 e.